The number of benzene rings is 2. The normalized spacial score (nSPS) is 24.8. The molecule has 2 aromatic carbocycles. The summed E-state index contributed by atoms with van der Waals surface area (Å²) < 4.78 is 6.40. The number of anilines is 1. The van der Waals surface area contributed by atoms with Crippen molar-refractivity contribution in [1.82, 2.24) is 0 Å². The molecule has 0 aromatic heterocycles. The fourth-order valence-electron chi connectivity index (χ4n) is 4.25. The molecule has 25 heavy (non-hydrogen) atoms. The van der Waals surface area contributed by atoms with E-state index in [9.17, 15) is 10.1 Å². The van der Waals surface area contributed by atoms with Gasteiger partial charge >= 0.3 is 0 Å². The molecule has 3 atom stereocenters. The van der Waals surface area contributed by atoms with Crippen LogP contribution in [0.2, 0.25) is 0 Å². The van der Waals surface area contributed by atoms with Gasteiger partial charge in [-0.1, -0.05) is 30.3 Å². The number of fused-ring (bicyclic) bond motifs is 2. The van der Waals surface area contributed by atoms with E-state index >= 15 is 0 Å². The topological polar surface area (TPSA) is 55.6 Å². The van der Waals surface area contributed by atoms with Crippen molar-refractivity contribution >= 4 is 5.69 Å². The number of aryl methyl sites for hydroxylation is 1. The van der Waals surface area contributed by atoms with Crippen molar-refractivity contribution in [2.75, 3.05) is 18.0 Å². The van der Waals surface area contributed by atoms with E-state index in [2.05, 4.69) is 17.0 Å². The Kier molecular flexibility index (Phi) is 4.07. The summed E-state index contributed by atoms with van der Waals surface area (Å²) in [7, 11) is 0. The Morgan fingerprint density at radius 3 is 2.80 bits per heavy atom. The van der Waals surface area contributed by atoms with Crippen LogP contribution in [0, 0.1) is 23.0 Å². The van der Waals surface area contributed by atoms with E-state index in [1.54, 1.807) is 0 Å². The average molecular weight is 338 g/mol. The van der Waals surface area contributed by atoms with Crippen LogP contribution in [0.15, 0.2) is 48.5 Å². The lowest BCUT2D eigenvalue weighted by atomic mass is 9.77. The first kappa shape index (κ1) is 15.9. The summed E-state index contributed by atoms with van der Waals surface area (Å²) in [6, 6.07) is 16.3. The predicted molar refractivity (Wildman–Crippen MR) is 96.7 cm³/mol. The van der Waals surface area contributed by atoms with Gasteiger partial charge in [-0.3, -0.25) is 10.1 Å². The third-order valence-corrected chi connectivity index (χ3v) is 5.38. The second-order valence-corrected chi connectivity index (χ2v) is 7.01. The van der Waals surface area contributed by atoms with Crippen LogP contribution in [0.4, 0.5) is 5.69 Å². The molecular formula is C20H22N2O3. The summed E-state index contributed by atoms with van der Waals surface area (Å²) in [5.74, 6) is 0.835. The monoisotopic (exact) mass is 338 g/mol. The van der Waals surface area contributed by atoms with E-state index < -0.39 is 0 Å². The molecule has 1 fully saturated rings. The van der Waals surface area contributed by atoms with Crippen LogP contribution in [0.5, 0.6) is 5.75 Å². The number of rotatable bonds is 3. The second-order valence-electron chi connectivity index (χ2n) is 7.01. The molecule has 2 aliphatic rings. The van der Waals surface area contributed by atoms with Gasteiger partial charge in [-0.05, 0) is 43.5 Å². The van der Waals surface area contributed by atoms with Crippen LogP contribution < -0.4 is 9.64 Å². The van der Waals surface area contributed by atoms with Crippen molar-refractivity contribution in [2.24, 2.45) is 5.92 Å². The van der Waals surface area contributed by atoms with Crippen molar-refractivity contribution in [1.29, 1.82) is 0 Å². The predicted octanol–water partition coefficient (Wildman–Crippen LogP) is 3.99. The van der Waals surface area contributed by atoms with E-state index in [0.29, 0.717) is 0 Å². The number of ether oxygens (including phenoxy) is 1. The maximum Gasteiger partial charge on any atom is 0.211 e. The molecule has 0 amide bonds. The number of hydrogen-bond acceptors (Lipinski definition) is 4. The summed E-state index contributed by atoms with van der Waals surface area (Å²) >= 11 is 0. The zero-order chi connectivity index (χ0) is 17.4. The minimum Gasteiger partial charge on any atom is -0.470 e. The van der Waals surface area contributed by atoms with Crippen molar-refractivity contribution in [3.05, 3.63) is 69.8 Å². The molecule has 0 aliphatic carbocycles. The highest BCUT2D eigenvalue weighted by Crippen LogP contribution is 2.46. The number of hydrogen-bond donors (Lipinski definition) is 0. The molecule has 3 unspecified atom stereocenters. The van der Waals surface area contributed by atoms with Crippen molar-refractivity contribution in [3.8, 4) is 5.75 Å². The molecule has 0 N–H and O–H groups in total. The largest absolute Gasteiger partial charge is 0.470 e. The number of nitrogens with zero attached hydrogens (tertiary/aromatic N) is 2. The summed E-state index contributed by atoms with van der Waals surface area (Å²) in [5.41, 5.74) is 3.21. The van der Waals surface area contributed by atoms with E-state index in [-0.39, 0.29) is 29.5 Å². The molecule has 5 heteroatoms. The first-order valence-electron chi connectivity index (χ1n) is 8.84. The highest BCUT2D eigenvalue weighted by molar-refractivity contribution is 5.50. The molecule has 0 radical (unpaired) electrons. The Morgan fingerprint density at radius 2 is 2.04 bits per heavy atom. The Balaban J connectivity index is 1.76. The Hall–Kier alpha value is -2.56. The van der Waals surface area contributed by atoms with Gasteiger partial charge in [-0.2, -0.15) is 0 Å². The van der Waals surface area contributed by atoms with Crippen molar-refractivity contribution in [2.45, 2.75) is 31.9 Å². The maximum atomic E-state index is 11.3. The van der Waals surface area contributed by atoms with Crippen molar-refractivity contribution < 1.29 is 9.66 Å². The van der Waals surface area contributed by atoms with Gasteiger partial charge < -0.3 is 9.64 Å². The quantitative estimate of drug-likeness (QED) is 0.627. The van der Waals surface area contributed by atoms with E-state index in [4.69, 9.17) is 4.74 Å². The summed E-state index contributed by atoms with van der Waals surface area (Å²) in [5, 5.41) is 11.3. The lowest BCUT2D eigenvalue weighted by molar-refractivity contribution is -0.485. The van der Waals surface area contributed by atoms with Crippen molar-refractivity contribution in [3.63, 3.8) is 0 Å². The van der Waals surface area contributed by atoms with Gasteiger partial charge in [0.15, 0.2) is 6.23 Å². The van der Waals surface area contributed by atoms with E-state index in [1.807, 2.05) is 43.3 Å². The number of piperidine rings is 1. The highest BCUT2D eigenvalue weighted by atomic mass is 16.6. The van der Waals surface area contributed by atoms with Gasteiger partial charge in [0.2, 0.25) is 6.54 Å². The second kappa shape index (κ2) is 6.39. The first-order chi connectivity index (χ1) is 12.1. The van der Waals surface area contributed by atoms with E-state index in [0.717, 1.165) is 42.0 Å². The SMILES string of the molecule is Cc1ccc2c(c1)OC1C(CCCN1c1ccccc1)C2C[N+](=O)[O-]. The molecule has 130 valence electrons. The lowest BCUT2D eigenvalue weighted by Crippen LogP contribution is -2.53. The Labute approximate surface area is 147 Å². The van der Waals surface area contributed by atoms with Gasteiger partial charge in [0, 0.05) is 28.6 Å². The molecule has 2 aromatic rings. The molecule has 0 saturated carbocycles. The number of para-hydroxylation sites is 1. The molecule has 2 heterocycles. The summed E-state index contributed by atoms with van der Waals surface area (Å²) in [6.07, 6.45) is 1.84. The van der Waals surface area contributed by atoms with Crippen LogP contribution in [-0.2, 0) is 0 Å². The molecule has 5 nitrogen and oxygen atoms in total. The molecule has 4 rings (SSSR count). The average Bonchev–Trinajstić information content (AvgIpc) is 2.61. The van der Waals surface area contributed by atoms with Gasteiger partial charge in [0.1, 0.15) is 5.75 Å². The van der Waals surface area contributed by atoms with E-state index in [1.165, 1.54) is 0 Å². The Morgan fingerprint density at radius 1 is 1.24 bits per heavy atom. The summed E-state index contributed by atoms with van der Waals surface area (Å²) in [4.78, 5) is 13.4. The van der Waals surface area contributed by atoms with Gasteiger partial charge in [-0.25, -0.2) is 0 Å². The highest BCUT2D eigenvalue weighted by Gasteiger charge is 2.45. The zero-order valence-electron chi connectivity index (χ0n) is 14.3. The van der Waals surface area contributed by atoms with Gasteiger partial charge in [0.25, 0.3) is 0 Å². The Bertz CT molecular complexity index is 778. The molecule has 2 aliphatic heterocycles. The lowest BCUT2D eigenvalue weighted by Gasteiger charge is -2.47. The van der Waals surface area contributed by atoms with Crippen LogP contribution in [0.3, 0.4) is 0 Å². The smallest absolute Gasteiger partial charge is 0.211 e. The van der Waals surface area contributed by atoms with Crippen LogP contribution >= 0.6 is 0 Å². The molecule has 1 saturated heterocycles. The van der Waals surface area contributed by atoms with Gasteiger partial charge in [-0.15, -0.1) is 0 Å². The van der Waals surface area contributed by atoms with Gasteiger partial charge in [0.05, 0.1) is 5.92 Å². The molecule has 0 bridgehead atoms. The third kappa shape index (κ3) is 2.95. The standard InChI is InChI=1S/C20H22N2O3/c1-14-9-10-16-18(13-22(23)24)17-8-5-11-21(15-6-3-2-4-7-15)20(17)25-19(16)12-14/h2-4,6-7,9-10,12,17-18,20H,5,8,11,13H2,1H3. The molecular weight excluding hydrogens is 316 g/mol. The maximum absolute atomic E-state index is 11.3. The summed E-state index contributed by atoms with van der Waals surface area (Å²) in [6.45, 7) is 2.90. The minimum absolute atomic E-state index is 0.0385. The third-order valence-electron chi connectivity index (χ3n) is 5.38. The van der Waals surface area contributed by atoms with Crippen LogP contribution in [0.25, 0.3) is 0 Å². The zero-order valence-corrected chi connectivity index (χ0v) is 14.3. The van der Waals surface area contributed by atoms with Crippen LogP contribution in [-0.4, -0.2) is 24.2 Å². The van der Waals surface area contributed by atoms with Crippen LogP contribution in [0.1, 0.15) is 29.9 Å². The minimum atomic E-state index is -0.182. The fraction of sp³-hybridized carbons (Fsp3) is 0.400. The molecule has 0 spiro atoms. The number of nitro groups is 1. The fourth-order valence-corrected chi connectivity index (χ4v) is 4.25. The first-order valence-corrected chi connectivity index (χ1v) is 8.84.